The summed E-state index contributed by atoms with van der Waals surface area (Å²) < 4.78 is 37.0. The van der Waals surface area contributed by atoms with Gasteiger partial charge >= 0.3 is 0 Å². The van der Waals surface area contributed by atoms with Crippen molar-refractivity contribution in [2.75, 3.05) is 92.5 Å². The van der Waals surface area contributed by atoms with Gasteiger partial charge in [0, 0.05) is 51.7 Å². The van der Waals surface area contributed by atoms with Gasteiger partial charge in [0.15, 0.2) is 0 Å². The monoisotopic (exact) mass is 1140 g/mol. The Morgan fingerprint density at radius 3 is 0.675 bits per heavy atom. The van der Waals surface area contributed by atoms with Crippen molar-refractivity contribution in [1.29, 1.82) is 0 Å². The number of hydrogen-bond acceptors (Lipinski definition) is 7. The first-order chi connectivity index (χ1) is 37.1. The van der Waals surface area contributed by atoms with E-state index >= 15 is 0 Å². The van der Waals surface area contributed by atoms with Crippen molar-refractivity contribution >= 4 is 0 Å². The van der Waals surface area contributed by atoms with Crippen LogP contribution in [0.25, 0.3) is 0 Å². The normalized spacial score (nSPS) is 27.8. The van der Waals surface area contributed by atoms with E-state index in [-0.39, 0.29) is 5.41 Å². The molecule has 4 saturated carbocycles. The van der Waals surface area contributed by atoms with Gasteiger partial charge in [0.2, 0.25) is 0 Å². The van der Waals surface area contributed by atoms with E-state index in [4.69, 9.17) is 33.2 Å². The standard InChI is InChI=1S/C9H18.2C8H16O.C8H16.C7H14O2.2C7H14O.C7H14.C6H12O.C6H12/c1-9(2)7-5-3-4-6-8-9;1-8(2)4-3-6-9-7-5-8;1-8(2)5-3-4-6-9-7-8;1-8(2)6-4-3-5-7-8;1-7(2)5-8-3-4-9-6-7;1-7(2)3-5-8-6-4-7;1-7(2)4-3-5-8-6-7;1-7(2)5-3-4-6-7;1-6(2)3-4-7-5-6;1-6(2)4-3-5-6/h3-8H2,1-2H3;2*3-7H2,1-2H3;3-7H2,1-2H3;3-6H2,1-2H3;2*3-6H2,1-2H3;3-6H2,1-2H3;3-5H2,1-2H3;3-5H2,1-2H3. The lowest BCUT2D eigenvalue weighted by atomic mass is 9.72. The third-order valence-corrected chi connectivity index (χ3v) is 18.5. The van der Waals surface area contributed by atoms with Crippen LogP contribution in [-0.2, 0) is 33.2 Å². The van der Waals surface area contributed by atoms with Crippen LogP contribution >= 0.6 is 0 Å². The lowest BCUT2D eigenvalue weighted by molar-refractivity contribution is 0.0127. The van der Waals surface area contributed by atoms with Crippen LogP contribution in [0.4, 0.5) is 0 Å². The number of ether oxygens (including phenoxy) is 7. The Kier molecular flexibility index (Phi) is 38.4. The average Bonchev–Trinajstić information content (AvgIpc) is 3.59. The predicted octanol–water partition coefficient (Wildman–Crippen LogP) is 21.7. The molecule has 10 aliphatic rings. The van der Waals surface area contributed by atoms with Gasteiger partial charge in [0.25, 0.3) is 0 Å². The highest BCUT2D eigenvalue weighted by atomic mass is 16.5. The van der Waals surface area contributed by atoms with Crippen LogP contribution in [0.2, 0.25) is 0 Å². The van der Waals surface area contributed by atoms with E-state index in [1.54, 1.807) is 0 Å². The highest BCUT2D eigenvalue weighted by Gasteiger charge is 2.27. The Balaban J connectivity index is 0.000000445. The van der Waals surface area contributed by atoms with E-state index in [2.05, 4.69) is 138 Å². The van der Waals surface area contributed by atoms with E-state index < -0.39 is 0 Å². The molecule has 6 heterocycles. The molecular formula is C73H146O7. The number of hydrogen-bond donors (Lipinski definition) is 0. The summed E-state index contributed by atoms with van der Waals surface area (Å²) in [7, 11) is 0. The summed E-state index contributed by atoms with van der Waals surface area (Å²) in [5.74, 6) is 0. The summed E-state index contributed by atoms with van der Waals surface area (Å²) in [6.45, 7) is 58.8. The van der Waals surface area contributed by atoms with Crippen LogP contribution in [0.1, 0.15) is 325 Å². The Morgan fingerprint density at radius 1 is 0.138 bits per heavy atom. The molecule has 10 fully saturated rings. The maximum atomic E-state index is 5.41. The van der Waals surface area contributed by atoms with Gasteiger partial charge in [0.05, 0.1) is 46.2 Å². The van der Waals surface area contributed by atoms with Gasteiger partial charge in [-0.3, -0.25) is 0 Å². The molecule has 480 valence electrons. The SMILES string of the molecule is CC1(C)CCC1.CC1(C)CCCC1.CC1(C)CCCCC1.CC1(C)CCCCCC1.CC1(C)CCCCOC1.CC1(C)CCCOC1.CC1(C)CCCOCC1.CC1(C)CCOC1.CC1(C)CCOCC1.CC1(C)COCCOC1. The van der Waals surface area contributed by atoms with Crippen LogP contribution in [0, 0.1) is 54.1 Å². The molecule has 0 amide bonds. The van der Waals surface area contributed by atoms with Gasteiger partial charge in [-0.25, -0.2) is 0 Å². The molecule has 7 nitrogen and oxygen atoms in total. The molecule has 0 radical (unpaired) electrons. The van der Waals surface area contributed by atoms with Crippen molar-refractivity contribution in [1.82, 2.24) is 0 Å². The van der Waals surface area contributed by atoms with Crippen LogP contribution < -0.4 is 0 Å². The van der Waals surface area contributed by atoms with Gasteiger partial charge in [-0.1, -0.05) is 209 Å². The zero-order valence-electron chi connectivity index (χ0n) is 58.3. The summed E-state index contributed by atoms with van der Waals surface area (Å²) >= 11 is 0. The third kappa shape index (κ3) is 46.0. The summed E-state index contributed by atoms with van der Waals surface area (Å²) in [4.78, 5) is 0. The van der Waals surface area contributed by atoms with Gasteiger partial charge in [-0.05, 0) is 164 Å². The van der Waals surface area contributed by atoms with Gasteiger partial charge in [0.1, 0.15) is 0 Å². The first kappa shape index (κ1) is 77.7. The predicted molar refractivity (Wildman–Crippen MR) is 347 cm³/mol. The summed E-state index contributed by atoms with van der Waals surface area (Å²) in [5, 5.41) is 0. The van der Waals surface area contributed by atoms with E-state index in [1.807, 2.05) is 0 Å². The first-order valence-corrected chi connectivity index (χ1v) is 34.1. The summed E-state index contributed by atoms with van der Waals surface area (Å²) in [6, 6.07) is 0. The van der Waals surface area contributed by atoms with Crippen molar-refractivity contribution in [3.63, 3.8) is 0 Å². The quantitative estimate of drug-likeness (QED) is 0.224. The van der Waals surface area contributed by atoms with Crippen molar-refractivity contribution in [2.45, 2.75) is 325 Å². The van der Waals surface area contributed by atoms with E-state index in [9.17, 15) is 0 Å². The molecule has 0 atom stereocenters. The molecule has 4 aliphatic carbocycles. The van der Waals surface area contributed by atoms with Crippen LogP contribution in [0.15, 0.2) is 0 Å². The lowest BCUT2D eigenvalue weighted by Crippen LogP contribution is -2.24. The van der Waals surface area contributed by atoms with Gasteiger partial charge < -0.3 is 33.2 Å². The highest BCUT2D eigenvalue weighted by Crippen LogP contribution is 2.40. The molecule has 0 unspecified atom stereocenters. The minimum absolute atomic E-state index is 0.219. The largest absolute Gasteiger partial charge is 0.381 e. The minimum Gasteiger partial charge on any atom is -0.381 e. The lowest BCUT2D eigenvalue weighted by Gasteiger charge is -2.33. The second-order valence-electron chi connectivity index (χ2n) is 34.3. The zero-order chi connectivity index (χ0) is 60.4. The van der Waals surface area contributed by atoms with Gasteiger partial charge in [-0.2, -0.15) is 0 Å². The fourth-order valence-corrected chi connectivity index (χ4v) is 11.5. The molecule has 0 bridgehead atoms. The molecule has 0 aromatic carbocycles. The molecule has 10 rings (SSSR count). The molecule has 0 spiro atoms. The second-order valence-corrected chi connectivity index (χ2v) is 34.3. The smallest absolute Gasteiger partial charge is 0.0700 e. The molecule has 7 heteroatoms. The topological polar surface area (TPSA) is 64.6 Å². The highest BCUT2D eigenvalue weighted by molar-refractivity contribution is 4.79. The fourth-order valence-electron chi connectivity index (χ4n) is 11.5. The Labute approximate surface area is 502 Å². The molecular weight excluding hydrogens is 989 g/mol. The van der Waals surface area contributed by atoms with E-state index in [0.29, 0.717) is 43.3 Å². The average molecular weight is 1140 g/mol. The van der Waals surface area contributed by atoms with Crippen molar-refractivity contribution in [2.24, 2.45) is 54.1 Å². The maximum Gasteiger partial charge on any atom is 0.0700 e. The molecule has 0 aromatic rings. The maximum absolute atomic E-state index is 5.41. The van der Waals surface area contributed by atoms with Crippen LogP contribution in [0.3, 0.4) is 0 Å². The summed E-state index contributed by atoms with van der Waals surface area (Å²) in [5.41, 5.74) is 5.44. The Bertz CT molecular complexity index is 1230. The minimum atomic E-state index is 0.219. The molecule has 6 aliphatic heterocycles. The molecule has 80 heavy (non-hydrogen) atoms. The van der Waals surface area contributed by atoms with E-state index in [0.717, 1.165) is 97.9 Å². The van der Waals surface area contributed by atoms with Crippen molar-refractivity contribution in [3.8, 4) is 0 Å². The molecule has 0 aromatic heterocycles. The number of rotatable bonds is 0. The third-order valence-electron chi connectivity index (χ3n) is 18.5. The second kappa shape index (κ2) is 39.5. The molecule has 6 saturated heterocycles. The van der Waals surface area contributed by atoms with Crippen LogP contribution in [0.5, 0.6) is 0 Å². The van der Waals surface area contributed by atoms with Crippen molar-refractivity contribution < 1.29 is 33.2 Å². The first-order valence-electron chi connectivity index (χ1n) is 34.1. The fraction of sp³-hybridized carbons (Fsp3) is 1.00. The summed E-state index contributed by atoms with van der Waals surface area (Å²) in [6.07, 6.45) is 40.3. The van der Waals surface area contributed by atoms with E-state index in [1.165, 1.54) is 186 Å². The molecule has 0 N–H and O–H groups in total. The zero-order valence-corrected chi connectivity index (χ0v) is 58.3. The Hall–Kier alpha value is -0.280. The van der Waals surface area contributed by atoms with Crippen molar-refractivity contribution in [3.05, 3.63) is 0 Å². The van der Waals surface area contributed by atoms with Gasteiger partial charge in [-0.15, -0.1) is 0 Å². The Morgan fingerprint density at radius 2 is 0.338 bits per heavy atom. The van der Waals surface area contributed by atoms with Crippen LogP contribution in [-0.4, -0.2) is 92.5 Å².